The molecule has 0 aromatic carbocycles. The summed E-state index contributed by atoms with van der Waals surface area (Å²) in [5, 5.41) is 2.43. The van der Waals surface area contributed by atoms with Crippen LogP contribution in [0.25, 0.3) is 0 Å². The molecule has 0 saturated heterocycles. The summed E-state index contributed by atoms with van der Waals surface area (Å²) < 4.78 is 106. The Balaban J connectivity index is 3.03. The van der Waals surface area contributed by atoms with Gasteiger partial charge in [-0.1, -0.05) is 32.7 Å². The molecular weight excluding hydrogens is 584 g/mol. The van der Waals surface area contributed by atoms with E-state index in [1.165, 1.54) is 0 Å². The van der Waals surface area contributed by atoms with Gasteiger partial charge in [0.2, 0.25) is 0 Å². The fourth-order valence-electron chi connectivity index (χ4n) is 3.68. The molecule has 1 saturated carbocycles. The summed E-state index contributed by atoms with van der Waals surface area (Å²) in [6.45, 7) is 12.6. The zero-order valence-corrected chi connectivity index (χ0v) is 23.9. The highest BCUT2D eigenvalue weighted by atomic mass is 32.2. The summed E-state index contributed by atoms with van der Waals surface area (Å²) in [5.41, 5.74) is 0. The Kier molecular flexibility index (Phi) is 12.1. The first-order valence-corrected chi connectivity index (χ1v) is 18.1. The van der Waals surface area contributed by atoms with Crippen LogP contribution in [0, 0.1) is 11.8 Å². The van der Waals surface area contributed by atoms with Gasteiger partial charge in [-0.3, -0.25) is 9.59 Å². The van der Waals surface area contributed by atoms with Gasteiger partial charge in [0.05, 0.1) is 34.8 Å². The van der Waals surface area contributed by atoms with Crippen molar-refractivity contribution in [2.45, 2.75) is 37.9 Å². The van der Waals surface area contributed by atoms with Gasteiger partial charge in [-0.2, -0.15) is 0 Å². The van der Waals surface area contributed by atoms with Crippen molar-refractivity contribution in [2.75, 3.05) is 23.0 Å². The number of hydrogen-bond acceptors (Lipinski definition) is 12. The third-order valence-corrected chi connectivity index (χ3v) is 11.0. The molecule has 1 rings (SSSR count). The molecule has 0 amide bonds. The Morgan fingerprint density at radius 1 is 0.605 bits per heavy atom. The lowest BCUT2D eigenvalue weighted by molar-refractivity contribution is -0.158. The Morgan fingerprint density at radius 2 is 0.868 bits per heavy atom. The molecule has 0 N–H and O–H groups in total. The van der Waals surface area contributed by atoms with Crippen LogP contribution in [0.2, 0.25) is 0 Å². The number of sulfone groups is 4. The third-order valence-electron chi connectivity index (χ3n) is 5.60. The van der Waals surface area contributed by atoms with Gasteiger partial charge in [0.25, 0.3) is 0 Å². The van der Waals surface area contributed by atoms with Crippen LogP contribution in [-0.2, 0) is 58.4 Å². The van der Waals surface area contributed by atoms with Crippen molar-refractivity contribution in [1.29, 1.82) is 0 Å². The fraction of sp³-hybridized carbons (Fsp3) is 0.545. The van der Waals surface area contributed by atoms with Crippen LogP contribution in [0.15, 0.2) is 47.9 Å². The molecule has 2 atom stereocenters. The van der Waals surface area contributed by atoms with E-state index in [4.69, 9.17) is 9.47 Å². The van der Waals surface area contributed by atoms with E-state index in [2.05, 4.69) is 26.3 Å². The largest absolute Gasteiger partial charge is 0.460 e. The first-order valence-electron chi connectivity index (χ1n) is 11.2. The summed E-state index contributed by atoms with van der Waals surface area (Å²) in [6.07, 6.45) is -2.41. The average Bonchev–Trinajstić information content (AvgIpc) is 2.83. The molecule has 1 fully saturated rings. The predicted octanol–water partition coefficient (Wildman–Crippen LogP) is 0.850. The molecule has 0 aliphatic heterocycles. The maximum absolute atomic E-state index is 12.8. The van der Waals surface area contributed by atoms with Gasteiger partial charge in [-0.05, 0) is 19.3 Å². The van der Waals surface area contributed by atoms with Crippen molar-refractivity contribution >= 4 is 51.3 Å². The number of carbonyl (C=O) groups is 2. The normalized spacial score (nSPS) is 18.9. The van der Waals surface area contributed by atoms with E-state index in [1.54, 1.807) is 0 Å². The van der Waals surface area contributed by atoms with E-state index < -0.39 is 98.3 Å². The quantitative estimate of drug-likeness (QED) is 0.223. The minimum atomic E-state index is -3.95. The standard InChI is InChI=1S/C22H32O12S4/c1-5-35(25,26)13-19(14-36(27,28)6-2)33-21(23)17-10-9-11-18(12-17)22(24)34-20(15-37(29,30)7-3)16-38(31,32)8-4/h5-8,17-20H,1-4,9-16H2. The van der Waals surface area contributed by atoms with E-state index >= 15 is 0 Å². The molecule has 0 radical (unpaired) electrons. The monoisotopic (exact) mass is 616 g/mol. The second-order valence-electron chi connectivity index (χ2n) is 8.66. The van der Waals surface area contributed by atoms with Gasteiger partial charge in [0, 0.05) is 21.6 Å². The number of rotatable bonds is 16. The van der Waals surface area contributed by atoms with Crippen molar-refractivity contribution in [3.05, 3.63) is 47.9 Å². The second-order valence-corrected chi connectivity index (χ2v) is 16.6. The summed E-state index contributed by atoms with van der Waals surface area (Å²) in [6, 6.07) is 0. The molecule has 0 aromatic rings. The molecule has 1 aliphatic rings. The van der Waals surface area contributed by atoms with Crippen molar-refractivity contribution in [3.63, 3.8) is 0 Å². The van der Waals surface area contributed by atoms with Gasteiger partial charge in [0.1, 0.15) is 12.2 Å². The van der Waals surface area contributed by atoms with Crippen LogP contribution in [0.3, 0.4) is 0 Å². The van der Waals surface area contributed by atoms with Crippen LogP contribution in [0.5, 0.6) is 0 Å². The highest BCUT2D eigenvalue weighted by Crippen LogP contribution is 2.31. The van der Waals surface area contributed by atoms with Crippen LogP contribution in [-0.4, -0.2) is 80.8 Å². The predicted molar refractivity (Wildman–Crippen MR) is 141 cm³/mol. The molecule has 2 unspecified atom stereocenters. The molecule has 0 heterocycles. The first-order chi connectivity index (χ1) is 17.4. The van der Waals surface area contributed by atoms with E-state index in [1.807, 2.05) is 0 Å². The lowest BCUT2D eigenvalue weighted by Gasteiger charge is -2.29. The van der Waals surface area contributed by atoms with E-state index in [-0.39, 0.29) is 19.3 Å². The summed E-state index contributed by atoms with van der Waals surface area (Å²) in [5.74, 6) is -7.01. The smallest absolute Gasteiger partial charge is 0.309 e. The Morgan fingerprint density at radius 3 is 1.11 bits per heavy atom. The van der Waals surface area contributed by atoms with Gasteiger partial charge < -0.3 is 9.47 Å². The van der Waals surface area contributed by atoms with Crippen molar-refractivity contribution in [2.24, 2.45) is 11.8 Å². The summed E-state index contributed by atoms with van der Waals surface area (Å²) in [4.78, 5) is 25.6. The molecule has 0 aromatic heterocycles. The zero-order valence-electron chi connectivity index (χ0n) is 20.6. The molecule has 12 nitrogen and oxygen atoms in total. The van der Waals surface area contributed by atoms with Crippen LogP contribution >= 0.6 is 0 Å². The lowest BCUT2D eigenvalue weighted by Crippen LogP contribution is -2.38. The number of ether oxygens (including phenoxy) is 2. The maximum atomic E-state index is 12.8. The number of esters is 2. The number of carbonyl (C=O) groups excluding carboxylic acids is 2. The fourth-order valence-corrected chi connectivity index (χ4v) is 7.34. The summed E-state index contributed by atoms with van der Waals surface area (Å²) >= 11 is 0. The molecule has 16 heteroatoms. The Bertz CT molecular complexity index is 1170. The molecule has 0 spiro atoms. The van der Waals surface area contributed by atoms with E-state index in [0.29, 0.717) is 28.1 Å². The highest BCUT2D eigenvalue weighted by Gasteiger charge is 2.37. The van der Waals surface area contributed by atoms with Crippen molar-refractivity contribution in [3.8, 4) is 0 Å². The van der Waals surface area contributed by atoms with Gasteiger partial charge >= 0.3 is 11.9 Å². The van der Waals surface area contributed by atoms with Gasteiger partial charge in [0.15, 0.2) is 39.3 Å². The summed E-state index contributed by atoms with van der Waals surface area (Å²) in [7, 11) is -15.8. The molecule has 0 bridgehead atoms. The Labute approximate surface area is 224 Å². The van der Waals surface area contributed by atoms with Gasteiger partial charge in [-0.15, -0.1) is 0 Å². The van der Waals surface area contributed by atoms with Crippen LogP contribution in [0.4, 0.5) is 0 Å². The van der Waals surface area contributed by atoms with E-state index in [0.717, 1.165) is 0 Å². The molecule has 1 aliphatic carbocycles. The van der Waals surface area contributed by atoms with E-state index in [9.17, 15) is 43.3 Å². The minimum absolute atomic E-state index is 0.123. The minimum Gasteiger partial charge on any atom is -0.460 e. The molecule has 38 heavy (non-hydrogen) atoms. The third kappa shape index (κ3) is 11.6. The van der Waals surface area contributed by atoms with Gasteiger partial charge in [-0.25, -0.2) is 33.7 Å². The Hall–Kier alpha value is -2.30. The SMILES string of the molecule is C=CS(=O)(=O)CC(CS(=O)(=O)C=C)OC(=O)C1CCCC(C(=O)OC(CS(=O)(=O)C=C)CS(=O)(=O)C=C)C1. The lowest BCUT2D eigenvalue weighted by atomic mass is 9.81. The molecule has 216 valence electrons. The second kappa shape index (κ2) is 13.7. The maximum Gasteiger partial charge on any atom is 0.309 e. The highest BCUT2D eigenvalue weighted by molar-refractivity contribution is 7.95. The first kappa shape index (κ1) is 33.7. The van der Waals surface area contributed by atoms with Crippen LogP contribution < -0.4 is 0 Å². The van der Waals surface area contributed by atoms with Crippen molar-refractivity contribution in [1.82, 2.24) is 0 Å². The topological polar surface area (TPSA) is 189 Å². The average molecular weight is 617 g/mol. The molecular formula is C22H32O12S4. The van der Waals surface area contributed by atoms with Crippen LogP contribution in [0.1, 0.15) is 25.7 Å². The van der Waals surface area contributed by atoms with Crippen molar-refractivity contribution < 1.29 is 52.7 Å². The zero-order chi connectivity index (χ0) is 29.4. The number of hydrogen-bond donors (Lipinski definition) is 0.